The summed E-state index contributed by atoms with van der Waals surface area (Å²) in [6, 6.07) is 26.7. The van der Waals surface area contributed by atoms with Crippen molar-refractivity contribution in [2.24, 2.45) is 5.10 Å². The van der Waals surface area contributed by atoms with Crippen molar-refractivity contribution < 1.29 is 19.1 Å². The van der Waals surface area contributed by atoms with E-state index >= 15 is 0 Å². The molecule has 0 aliphatic heterocycles. The molecule has 0 aromatic heterocycles. The molecule has 1 N–H and O–H groups in total. The maximum absolute atomic E-state index is 12.4. The number of esters is 1. The highest BCUT2D eigenvalue weighted by Gasteiger charge is 2.15. The Morgan fingerprint density at radius 1 is 0.941 bits per heavy atom. The molecule has 4 aromatic rings. The number of carbonyl (C=O) groups is 2. The summed E-state index contributed by atoms with van der Waals surface area (Å²) in [6.45, 7) is 1.66. The molecular weight excluding hydrogens is 452 g/mol. The fourth-order valence-corrected chi connectivity index (χ4v) is 3.34. The van der Waals surface area contributed by atoms with Gasteiger partial charge in [0.05, 0.1) is 11.8 Å². The highest BCUT2D eigenvalue weighted by atomic mass is 35.5. The molecule has 0 bridgehead atoms. The molecule has 6 nitrogen and oxygen atoms in total. The van der Waals surface area contributed by atoms with Crippen LogP contribution < -0.4 is 14.9 Å². The quantitative estimate of drug-likeness (QED) is 0.164. The molecule has 0 saturated carbocycles. The summed E-state index contributed by atoms with van der Waals surface area (Å²) < 4.78 is 11.2. The first kappa shape index (κ1) is 23.0. The average Bonchev–Trinajstić information content (AvgIpc) is 2.85. The fraction of sp³-hybridized carbons (Fsp3) is 0.0741. The number of halogens is 1. The van der Waals surface area contributed by atoms with Gasteiger partial charge in [-0.15, -0.1) is 0 Å². The van der Waals surface area contributed by atoms with Crippen LogP contribution in [0.1, 0.15) is 22.8 Å². The van der Waals surface area contributed by atoms with Gasteiger partial charge in [-0.2, -0.15) is 5.10 Å². The van der Waals surface area contributed by atoms with Gasteiger partial charge in [0.2, 0.25) is 0 Å². The Morgan fingerprint density at radius 3 is 2.50 bits per heavy atom. The van der Waals surface area contributed by atoms with Crippen LogP contribution in [0.3, 0.4) is 0 Å². The number of rotatable bonds is 7. The van der Waals surface area contributed by atoms with Crippen molar-refractivity contribution in [1.82, 2.24) is 5.43 Å². The standard InChI is InChI=1S/C27H21ClN2O4/c1-18(33-25-11-5-8-20-7-2-3-10-24(20)25)26(31)30-29-17-19-6-4-9-23(16-19)34-27(32)21-12-14-22(28)15-13-21/h2-18H,1H3,(H,30,31)/b29-17-/t18-/m1/s1. The van der Waals surface area contributed by atoms with Crippen molar-refractivity contribution in [3.05, 3.63) is 107 Å². The summed E-state index contributed by atoms with van der Waals surface area (Å²) in [7, 11) is 0. The number of ether oxygens (including phenoxy) is 2. The summed E-state index contributed by atoms with van der Waals surface area (Å²) in [6.07, 6.45) is 0.705. The van der Waals surface area contributed by atoms with Crippen molar-refractivity contribution in [2.75, 3.05) is 0 Å². The minimum atomic E-state index is -0.755. The van der Waals surface area contributed by atoms with Crippen molar-refractivity contribution in [1.29, 1.82) is 0 Å². The monoisotopic (exact) mass is 472 g/mol. The number of hydrogen-bond donors (Lipinski definition) is 1. The van der Waals surface area contributed by atoms with Gasteiger partial charge in [0.25, 0.3) is 5.91 Å². The molecule has 34 heavy (non-hydrogen) atoms. The van der Waals surface area contributed by atoms with Crippen molar-refractivity contribution in [3.8, 4) is 11.5 Å². The SMILES string of the molecule is C[C@@H](Oc1cccc2ccccc12)C(=O)N/N=C\c1cccc(OC(=O)c2ccc(Cl)cc2)c1. The molecule has 1 amide bonds. The maximum atomic E-state index is 12.4. The number of hydrogen-bond acceptors (Lipinski definition) is 5. The number of fused-ring (bicyclic) bond motifs is 1. The molecule has 170 valence electrons. The number of nitrogens with one attached hydrogen (secondary N) is 1. The Labute approximate surface area is 201 Å². The molecule has 4 aromatic carbocycles. The molecular formula is C27H21ClN2O4. The molecule has 0 unspecified atom stereocenters. The van der Waals surface area contributed by atoms with E-state index in [2.05, 4.69) is 10.5 Å². The predicted molar refractivity (Wildman–Crippen MR) is 133 cm³/mol. The third-order valence-corrected chi connectivity index (χ3v) is 5.21. The first-order chi connectivity index (χ1) is 16.5. The Balaban J connectivity index is 1.35. The van der Waals surface area contributed by atoms with E-state index < -0.39 is 18.0 Å². The predicted octanol–water partition coefficient (Wildman–Crippen LogP) is 5.63. The van der Waals surface area contributed by atoms with Gasteiger partial charge in [0.15, 0.2) is 6.10 Å². The second-order valence-corrected chi connectivity index (χ2v) is 7.88. The topological polar surface area (TPSA) is 77.0 Å². The van der Waals surface area contributed by atoms with Gasteiger partial charge in [-0.3, -0.25) is 4.79 Å². The van der Waals surface area contributed by atoms with Crippen LogP contribution in [0.25, 0.3) is 10.8 Å². The minimum absolute atomic E-state index is 0.350. The van der Waals surface area contributed by atoms with Crippen LogP contribution in [-0.2, 0) is 4.79 Å². The zero-order valence-electron chi connectivity index (χ0n) is 18.3. The Bertz CT molecular complexity index is 1350. The third-order valence-electron chi connectivity index (χ3n) is 4.96. The molecule has 0 fully saturated rings. The maximum Gasteiger partial charge on any atom is 0.343 e. The van der Waals surface area contributed by atoms with Gasteiger partial charge in [-0.05, 0) is 60.3 Å². The van der Waals surface area contributed by atoms with Crippen molar-refractivity contribution in [3.63, 3.8) is 0 Å². The van der Waals surface area contributed by atoms with Crippen molar-refractivity contribution in [2.45, 2.75) is 13.0 Å². The van der Waals surface area contributed by atoms with Gasteiger partial charge in [-0.1, -0.05) is 60.1 Å². The molecule has 0 saturated heterocycles. The van der Waals surface area contributed by atoms with E-state index in [1.807, 2.05) is 42.5 Å². The van der Waals surface area contributed by atoms with Crippen LogP contribution in [0.15, 0.2) is 96.1 Å². The summed E-state index contributed by atoms with van der Waals surface area (Å²) in [5, 5.41) is 6.49. The highest BCUT2D eigenvalue weighted by molar-refractivity contribution is 6.30. The summed E-state index contributed by atoms with van der Waals surface area (Å²) in [5.41, 5.74) is 3.50. The second-order valence-electron chi connectivity index (χ2n) is 7.44. The normalized spacial score (nSPS) is 11.8. The van der Waals surface area contributed by atoms with E-state index in [1.165, 1.54) is 6.21 Å². The van der Waals surface area contributed by atoms with Crippen LogP contribution in [0.4, 0.5) is 0 Å². The number of hydrazone groups is 1. The van der Waals surface area contributed by atoms with Gasteiger partial charge in [-0.25, -0.2) is 10.2 Å². The van der Waals surface area contributed by atoms with Gasteiger partial charge in [0.1, 0.15) is 11.5 Å². The average molecular weight is 473 g/mol. The lowest BCUT2D eigenvalue weighted by molar-refractivity contribution is -0.127. The van der Waals surface area contributed by atoms with Crippen LogP contribution >= 0.6 is 11.6 Å². The zero-order valence-corrected chi connectivity index (χ0v) is 19.0. The summed E-state index contributed by atoms with van der Waals surface area (Å²) in [5.74, 6) is 0.0794. The lowest BCUT2D eigenvalue weighted by Crippen LogP contribution is -2.33. The molecule has 0 radical (unpaired) electrons. The van der Waals surface area contributed by atoms with Crippen LogP contribution in [0.5, 0.6) is 11.5 Å². The van der Waals surface area contributed by atoms with Crippen molar-refractivity contribution >= 4 is 40.5 Å². The molecule has 0 spiro atoms. The lowest BCUT2D eigenvalue weighted by Gasteiger charge is -2.14. The Kier molecular flexibility index (Phi) is 7.20. The van der Waals surface area contributed by atoms with E-state index in [0.29, 0.717) is 27.6 Å². The number of benzene rings is 4. The Morgan fingerprint density at radius 2 is 1.68 bits per heavy atom. The van der Waals surface area contributed by atoms with Crippen LogP contribution in [-0.4, -0.2) is 24.2 Å². The first-order valence-electron chi connectivity index (χ1n) is 10.5. The highest BCUT2D eigenvalue weighted by Crippen LogP contribution is 2.26. The van der Waals surface area contributed by atoms with E-state index in [9.17, 15) is 9.59 Å². The number of carbonyl (C=O) groups excluding carboxylic acids is 2. The molecule has 0 aliphatic carbocycles. The molecule has 0 aliphatic rings. The number of nitrogens with zero attached hydrogens (tertiary/aromatic N) is 1. The largest absolute Gasteiger partial charge is 0.480 e. The van der Waals surface area contributed by atoms with Crippen LogP contribution in [0, 0.1) is 0 Å². The minimum Gasteiger partial charge on any atom is -0.480 e. The van der Waals surface area contributed by atoms with Gasteiger partial charge in [0, 0.05) is 10.4 Å². The Hall–Kier alpha value is -4.16. The lowest BCUT2D eigenvalue weighted by atomic mass is 10.1. The fourth-order valence-electron chi connectivity index (χ4n) is 3.21. The third kappa shape index (κ3) is 5.79. The summed E-state index contributed by atoms with van der Waals surface area (Å²) >= 11 is 5.85. The van der Waals surface area contributed by atoms with E-state index in [1.54, 1.807) is 55.5 Å². The smallest absolute Gasteiger partial charge is 0.343 e. The van der Waals surface area contributed by atoms with E-state index in [4.69, 9.17) is 21.1 Å². The number of amides is 1. The molecule has 1 atom stereocenters. The second kappa shape index (κ2) is 10.6. The van der Waals surface area contributed by atoms with Gasteiger partial charge >= 0.3 is 5.97 Å². The van der Waals surface area contributed by atoms with E-state index in [0.717, 1.165) is 10.8 Å². The zero-order chi connectivity index (χ0) is 23.9. The van der Waals surface area contributed by atoms with E-state index in [-0.39, 0.29) is 0 Å². The van der Waals surface area contributed by atoms with Gasteiger partial charge < -0.3 is 9.47 Å². The first-order valence-corrected chi connectivity index (χ1v) is 10.9. The summed E-state index contributed by atoms with van der Waals surface area (Å²) in [4.78, 5) is 24.7. The molecule has 7 heteroatoms. The molecule has 0 heterocycles. The molecule has 4 rings (SSSR count). The van der Waals surface area contributed by atoms with Crippen LogP contribution in [0.2, 0.25) is 5.02 Å².